The van der Waals surface area contributed by atoms with Crippen molar-refractivity contribution >= 4 is 67.5 Å². The number of allylic oxidation sites excluding steroid dienone is 21. The number of rotatable bonds is 12. The van der Waals surface area contributed by atoms with Gasteiger partial charge in [-0.25, -0.2) is 0 Å². The fraction of sp³-hybridized carbons (Fsp3) is 0.121. The molecule has 0 radical (unpaired) electrons. The van der Waals surface area contributed by atoms with Gasteiger partial charge in [-0.1, -0.05) is 165 Å². The molecule has 0 aliphatic heterocycles. The van der Waals surface area contributed by atoms with Crippen molar-refractivity contribution in [1.29, 1.82) is 0 Å². The second-order valence-electron chi connectivity index (χ2n) is 15.0. The lowest BCUT2D eigenvalue weighted by atomic mass is 9.81. The average molecular weight is 779 g/mol. The summed E-state index contributed by atoms with van der Waals surface area (Å²) in [5, 5.41) is 7.84. The summed E-state index contributed by atoms with van der Waals surface area (Å²) in [4.78, 5) is 4.55. The Hall–Kier alpha value is -7.03. The molecule has 0 bridgehead atoms. The van der Waals surface area contributed by atoms with E-state index in [1.54, 1.807) is 0 Å². The third kappa shape index (κ3) is 8.28. The summed E-state index contributed by atoms with van der Waals surface area (Å²) >= 11 is 0. The largest absolute Gasteiger partial charge is 0.310 e. The normalized spacial score (nSPS) is 15.6. The maximum atomic E-state index is 4.88. The van der Waals surface area contributed by atoms with Gasteiger partial charge in [-0.2, -0.15) is 0 Å². The molecule has 60 heavy (non-hydrogen) atoms. The zero-order chi connectivity index (χ0) is 42.0. The molecule has 0 spiro atoms. The summed E-state index contributed by atoms with van der Waals surface area (Å²) in [5.41, 5.74) is 12.8. The second kappa shape index (κ2) is 19.1. The number of hydrogen-bond acceptors (Lipinski definition) is 1. The molecule has 0 fully saturated rings. The predicted molar refractivity (Wildman–Crippen MR) is 265 cm³/mol. The minimum Gasteiger partial charge on any atom is -0.310 e. The summed E-state index contributed by atoms with van der Waals surface area (Å²) in [7, 11) is 0. The number of nitrogens with zero attached hydrogens (tertiary/aromatic N) is 2. The molecular formula is C58H54N2. The van der Waals surface area contributed by atoms with Gasteiger partial charge >= 0.3 is 0 Å². The molecule has 0 saturated carbocycles. The number of benzene rings is 4. The standard InChI is InChI=1S/C58H54N2/c1-8-12-14-18-30-49(58(46-26-16-15-17-27-46)54-34-23-28-45-25-19-20-31-50(45)54)42(6)41(5)48-35-36-51(53-33-22-21-32-52(48)53)44(11-4)39-55-43(7)60(47(24-10-3)29-13-9-2)57-37-38-59-40-56(55)57/h8-26,28-29,31-40H,5,7,27,30H2,1-4,6H3/b12-8-,13-9-,18-14-,24-10-,44-11+,47-29+,49-42-,55-39+,58-46+. The Morgan fingerprint density at radius 3 is 2.22 bits per heavy atom. The smallest absolute Gasteiger partial charge is 0.0571 e. The van der Waals surface area contributed by atoms with Crippen molar-refractivity contribution < 1.29 is 0 Å². The summed E-state index contributed by atoms with van der Waals surface area (Å²) in [6.07, 6.45) is 37.8. The zero-order valence-corrected chi connectivity index (χ0v) is 35.6. The van der Waals surface area contributed by atoms with E-state index in [-0.39, 0.29) is 0 Å². The first kappa shape index (κ1) is 41.1. The van der Waals surface area contributed by atoms with Crippen LogP contribution in [0.1, 0.15) is 64.2 Å². The van der Waals surface area contributed by atoms with Crippen LogP contribution in [0, 0.1) is 0 Å². The van der Waals surface area contributed by atoms with Gasteiger partial charge in [0.2, 0.25) is 0 Å². The Morgan fingerprint density at radius 1 is 0.750 bits per heavy atom. The van der Waals surface area contributed by atoms with Crippen LogP contribution >= 0.6 is 0 Å². The highest BCUT2D eigenvalue weighted by Crippen LogP contribution is 2.42. The monoisotopic (exact) mass is 778 g/mol. The molecule has 0 N–H and O–H groups in total. The Morgan fingerprint density at radius 2 is 1.48 bits per heavy atom. The summed E-state index contributed by atoms with van der Waals surface area (Å²) in [6, 6.07) is 30.8. The van der Waals surface area contributed by atoms with Gasteiger partial charge in [0.15, 0.2) is 0 Å². The highest BCUT2D eigenvalue weighted by atomic mass is 15.0. The molecule has 0 amide bonds. The molecule has 1 aliphatic carbocycles. The van der Waals surface area contributed by atoms with Gasteiger partial charge in [0.25, 0.3) is 0 Å². The molecule has 7 rings (SSSR count). The first-order chi connectivity index (χ1) is 29.4. The Labute approximate surface area is 356 Å². The lowest BCUT2D eigenvalue weighted by Crippen LogP contribution is -2.27. The summed E-state index contributed by atoms with van der Waals surface area (Å²) in [5.74, 6) is 0. The molecule has 2 heterocycles. The van der Waals surface area contributed by atoms with Crippen LogP contribution in [0.5, 0.6) is 0 Å². The predicted octanol–water partition coefficient (Wildman–Crippen LogP) is 14.5. The van der Waals surface area contributed by atoms with Gasteiger partial charge in [0, 0.05) is 34.0 Å². The number of aromatic nitrogens is 2. The van der Waals surface area contributed by atoms with E-state index in [9.17, 15) is 0 Å². The van der Waals surface area contributed by atoms with E-state index >= 15 is 0 Å². The van der Waals surface area contributed by atoms with Crippen molar-refractivity contribution in [3.63, 3.8) is 0 Å². The molecule has 296 valence electrons. The Bertz CT molecular complexity index is 3040. The van der Waals surface area contributed by atoms with Crippen molar-refractivity contribution in [2.75, 3.05) is 0 Å². The first-order valence-electron chi connectivity index (χ1n) is 20.9. The van der Waals surface area contributed by atoms with Crippen LogP contribution in [0.4, 0.5) is 0 Å². The molecule has 2 aromatic heterocycles. The van der Waals surface area contributed by atoms with E-state index in [2.05, 4.69) is 207 Å². The van der Waals surface area contributed by atoms with Crippen LogP contribution in [-0.2, 0) is 0 Å². The van der Waals surface area contributed by atoms with E-state index in [0.29, 0.717) is 0 Å². The van der Waals surface area contributed by atoms with Crippen molar-refractivity contribution in [2.24, 2.45) is 0 Å². The second-order valence-corrected chi connectivity index (χ2v) is 15.0. The Balaban J connectivity index is 1.41. The zero-order valence-electron chi connectivity index (χ0n) is 35.6. The van der Waals surface area contributed by atoms with Gasteiger partial charge in [0.05, 0.1) is 5.52 Å². The summed E-state index contributed by atoms with van der Waals surface area (Å²) in [6.45, 7) is 20.0. The van der Waals surface area contributed by atoms with Gasteiger partial charge in [-0.15, -0.1) is 0 Å². The van der Waals surface area contributed by atoms with E-state index < -0.39 is 0 Å². The molecule has 2 heteroatoms. The molecule has 1 aliphatic rings. The van der Waals surface area contributed by atoms with Gasteiger partial charge in [0.1, 0.15) is 0 Å². The van der Waals surface area contributed by atoms with Crippen molar-refractivity contribution in [3.05, 3.63) is 233 Å². The minimum absolute atomic E-state index is 0.762. The highest BCUT2D eigenvalue weighted by Gasteiger charge is 2.21. The molecule has 0 atom stereocenters. The van der Waals surface area contributed by atoms with Crippen LogP contribution in [0.2, 0.25) is 0 Å². The van der Waals surface area contributed by atoms with Crippen LogP contribution in [-0.4, -0.2) is 9.55 Å². The molecule has 6 aromatic rings. The lowest BCUT2D eigenvalue weighted by Gasteiger charge is -2.23. The van der Waals surface area contributed by atoms with Gasteiger partial charge in [-0.3, -0.25) is 4.98 Å². The maximum Gasteiger partial charge on any atom is 0.0571 e. The van der Waals surface area contributed by atoms with Crippen molar-refractivity contribution in [2.45, 2.75) is 47.5 Å². The quantitative estimate of drug-likeness (QED) is 0.113. The first-order valence-corrected chi connectivity index (χ1v) is 20.9. The van der Waals surface area contributed by atoms with E-state index in [1.165, 1.54) is 49.4 Å². The van der Waals surface area contributed by atoms with Crippen LogP contribution in [0.3, 0.4) is 0 Å². The molecule has 0 saturated heterocycles. The van der Waals surface area contributed by atoms with Gasteiger partial charge < -0.3 is 4.57 Å². The molecule has 2 nitrogen and oxygen atoms in total. The van der Waals surface area contributed by atoms with E-state index in [0.717, 1.165) is 62.3 Å². The SMILES string of the molecule is C=C(/C(C)=C(C/C=C\C=C/C)\C(=C1\C=CC=CC1)c1cccc2ccccc12)c1ccc(C(/C=c2\c(=C)n(C(/C=C\C)=C/C=C\C)c3ccncc23)=C/C)c2ccccc12. The van der Waals surface area contributed by atoms with Crippen molar-refractivity contribution in [1.82, 2.24) is 9.55 Å². The average Bonchev–Trinajstić information content (AvgIpc) is 3.57. The summed E-state index contributed by atoms with van der Waals surface area (Å²) < 4.78 is 2.23. The molecule has 0 unspecified atom stereocenters. The van der Waals surface area contributed by atoms with Gasteiger partial charge in [-0.05, 0) is 143 Å². The van der Waals surface area contributed by atoms with Crippen LogP contribution in [0.15, 0.2) is 206 Å². The van der Waals surface area contributed by atoms with E-state index in [4.69, 9.17) is 6.58 Å². The van der Waals surface area contributed by atoms with Crippen LogP contribution < -0.4 is 10.6 Å². The highest BCUT2D eigenvalue weighted by molar-refractivity contribution is 6.08. The number of hydrogen-bond donors (Lipinski definition) is 0. The molecular weight excluding hydrogens is 725 g/mol. The fourth-order valence-corrected chi connectivity index (χ4v) is 8.40. The van der Waals surface area contributed by atoms with Crippen molar-refractivity contribution in [3.8, 4) is 0 Å². The number of pyridine rings is 1. The lowest BCUT2D eigenvalue weighted by molar-refractivity contribution is 1.12. The van der Waals surface area contributed by atoms with E-state index in [1.807, 2.05) is 32.3 Å². The molecule has 4 aromatic carbocycles. The number of fused-ring (bicyclic) bond motifs is 3. The minimum atomic E-state index is 0.762. The Kier molecular flexibility index (Phi) is 13.1. The maximum absolute atomic E-state index is 4.88. The van der Waals surface area contributed by atoms with Crippen LogP contribution in [0.25, 0.3) is 67.5 Å². The topological polar surface area (TPSA) is 17.8 Å². The third-order valence-corrected chi connectivity index (χ3v) is 11.4. The third-order valence-electron chi connectivity index (χ3n) is 11.4. The fourth-order valence-electron chi connectivity index (χ4n) is 8.40.